The first-order chi connectivity index (χ1) is 10.9. The molecule has 0 saturated carbocycles. The van der Waals surface area contributed by atoms with Gasteiger partial charge in [-0.25, -0.2) is 9.59 Å². The van der Waals surface area contributed by atoms with Crippen LogP contribution < -0.4 is 10.6 Å². The van der Waals surface area contributed by atoms with Gasteiger partial charge in [0.15, 0.2) is 0 Å². The number of carboxylic acids is 1. The number of anilines is 1. The van der Waals surface area contributed by atoms with Gasteiger partial charge in [0.1, 0.15) is 11.8 Å². The second kappa shape index (κ2) is 7.51. The van der Waals surface area contributed by atoms with Crippen molar-refractivity contribution in [2.75, 3.05) is 5.32 Å². The molecule has 0 bridgehead atoms. The lowest BCUT2D eigenvalue weighted by Gasteiger charge is -2.15. The van der Waals surface area contributed by atoms with Crippen molar-refractivity contribution in [2.45, 2.75) is 12.5 Å². The summed E-state index contributed by atoms with van der Waals surface area (Å²) in [5.74, 6) is -1.06. The molecule has 0 saturated heterocycles. The number of carbonyl (C=O) groups is 2. The van der Waals surface area contributed by atoms with Crippen LogP contribution in [0.25, 0.3) is 0 Å². The third-order valence-corrected chi connectivity index (χ3v) is 3.30. The number of amides is 2. The van der Waals surface area contributed by atoms with Crippen molar-refractivity contribution in [3.05, 3.63) is 59.1 Å². The molecule has 0 heterocycles. The van der Waals surface area contributed by atoms with Crippen LogP contribution in [0.4, 0.5) is 10.5 Å². The highest BCUT2D eigenvalue weighted by Crippen LogP contribution is 2.15. The number of phenols is 1. The number of phenolic OH excluding ortho intramolecular Hbond substituents is 1. The Morgan fingerprint density at radius 1 is 1.13 bits per heavy atom. The second-order valence-corrected chi connectivity index (χ2v) is 5.31. The van der Waals surface area contributed by atoms with Crippen LogP contribution in [0.15, 0.2) is 48.5 Å². The van der Waals surface area contributed by atoms with E-state index >= 15 is 0 Å². The summed E-state index contributed by atoms with van der Waals surface area (Å²) >= 11 is 5.82. The number of hydrogen-bond acceptors (Lipinski definition) is 3. The predicted octanol–water partition coefficient (Wildman–Crippen LogP) is 2.86. The third kappa shape index (κ3) is 5.19. The molecule has 0 radical (unpaired) electrons. The number of urea groups is 1. The van der Waals surface area contributed by atoms with Crippen LogP contribution in [0.5, 0.6) is 5.75 Å². The second-order valence-electron chi connectivity index (χ2n) is 4.87. The maximum Gasteiger partial charge on any atom is 0.326 e. The van der Waals surface area contributed by atoms with Crippen molar-refractivity contribution < 1.29 is 19.8 Å². The van der Waals surface area contributed by atoms with Gasteiger partial charge in [-0.3, -0.25) is 0 Å². The normalized spacial score (nSPS) is 11.5. The number of aliphatic carboxylic acids is 1. The summed E-state index contributed by atoms with van der Waals surface area (Å²) in [5.41, 5.74) is 1.14. The molecule has 4 N–H and O–H groups in total. The smallest absolute Gasteiger partial charge is 0.326 e. The fraction of sp³-hybridized carbons (Fsp3) is 0.125. The maximum atomic E-state index is 11.9. The lowest BCUT2D eigenvalue weighted by Crippen LogP contribution is -2.44. The Morgan fingerprint density at radius 2 is 1.83 bits per heavy atom. The molecule has 120 valence electrons. The molecule has 2 aromatic carbocycles. The Morgan fingerprint density at radius 3 is 2.43 bits per heavy atom. The van der Waals surface area contributed by atoms with Gasteiger partial charge in [0.2, 0.25) is 0 Å². The molecule has 2 amide bonds. The first kappa shape index (κ1) is 16.6. The van der Waals surface area contributed by atoms with Crippen LogP contribution in [0.3, 0.4) is 0 Å². The molecule has 23 heavy (non-hydrogen) atoms. The van der Waals surface area contributed by atoms with Crippen LogP contribution >= 0.6 is 11.6 Å². The zero-order chi connectivity index (χ0) is 16.8. The quantitative estimate of drug-likeness (QED) is 0.675. The first-order valence-corrected chi connectivity index (χ1v) is 7.15. The highest BCUT2D eigenvalue weighted by atomic mass is 35.5. The lowest BCUT2D eigenvalue weighted by molar-refractivity contribution is -0.139. The SMILES string of the molecule is O=C(Nc1cccc(Cl)c1)NC(Cc1ccc(O)cc1)C(=O)O. The van der Waals surface area contributed by atoms with E-state index in [4.69, 9.17) is 11.6 Å². The highest BCUT2D eigenvalue weighted by Gasteiger charge is 2.20. The van der Waals surface area contributed by atoms with Crippen molar-refractivity contribution in [2.24, 2.45) is 0 Å². The standard InChI is InChI=1S/C16H15ClN2O4/c17-11-2-1-3-12(9-11)18-16(23)19-14(15(21)22)8-10-4-6-13(20)7-5-10/h1-7,9,14,20H,8H2,(H,21,22)(H2,18,19,23). The van der Waals surface area contributed by atoms with E-state index in [2.05, 4.69) is 10.6 Å². The van der Waals surface area contributed by atoms with Gasteiger partial charge in [-0.1, -0.05) is 29.8 Å². The number of carbonyl (C=O) groups excluding carboxylic acids is 1. The number of benzene rings is 2. The van der Waals surface area contributed by atoms with Crippen molar-refractivity contribution in [3.63, 3.8) is 0 Å². The highest BCUT2D eigenvalue weighted by molar-refractivity contribution is 6.30. The van der Waals surface area contributed by atoms with Gasteiger partial charge in [-0.2, -0.15) is 0 Å². The molecule has 1 atom stereocenters. The van der Waals surface area contributed by atoms with E-state index in [1.54, 1.807) is 36.4 Å². The van der Waals surface area contributed by atoms with E-state index in [0.29, 0.717) is 16.3 Å². The number of nitrogens with one attached hydrogen (secondary N) is 2. The largest absolute Gasteiger partial charge is 0.508 e. The van der Waals surface area contributed by atoms with Gasteiger partial charge in [0.25, 0.3) is 0 Å². The molecule has 1 unspecified atom stereocenters. The Kier molecular flexibility index (Phi) is 5.43. The van der Waals surface area contributed by atoms with E-state index in [9.17, 15) is 19.8 Å². The van der Waals surface area contributed by atoms with Crippen molar-refractivity contribution >= 4 is 29.3 Å². The topological polar surface area (TPSA) is 98.7 Å². The first-order valence-electron chi connectivity index (χ1n) is 6.78. The summed E-state index contributed by atoms with van der Waals surface area (Å²) in [6.07, 6.45) is 0.0958. The average Bonchev–Trinajstić information content (AvgIpc) is 2.48. The van der Waals surface area contributed by atoms with E-state index in [0.717, 1.165) is 0 Å². The Labute approximate surface area is 137 Å². The zero-order valence-electron chi connectivity index (χ0n) is 12.0. The lowest BCUT2D eigenvalue weighted by atomic mass is 10.1. The van der Waals surface area contributed by atoms with Crippen LogP contribution in [0, 0.1) is 0 Å². The van der Waals surface area contributed by atoms with Crippen molar-refractivity contribution in [1.29, 1.82) is 0 Å². The average molecular weight is 335 g/mol. The molecular weight excluding hydrogens is 320 g/mol. The van der Waals surface area contributed by atoms with Gasteiger partial charge in [-0.05, 0) is 35.9 Å². The van der Waals surface area contributed by atoms with Crippen LogP contribution in [-0.4, -0.2) is 28.3 Å². The van der Waals surface area contributed by atoms with Crippen molar-refractivity contribution in [1.82, 2.24) is 5.32 Å². The summed E-state index contributed by atoms with van der Waals surface area (Å²) < 4.78 is 0. The summed E-state index contributed by atoms with van der Waals surface area (Å²) in [5, 5.41) is 23.8. The van der Waals surface area contributed by atoms with E-state index in [1.807, 2.05) is 0 Å². The minimum Gasteiger partial charge on any atom is -0.508 e. The summed E-state index contributed by atoms with van der Waals surface area (Å²) in [7, 11) is 0. The molecule has 7 heteroatoms. The number of rotatable bonds is 5. The molecule has 2 rings (SSSR count). The number of carboxylic acid groups (broad SMARTS) is 1. The Hall–Kier alpha value is -2.73. The molecule has 2 aromatic rings. The number of hydrogen-bond donors (Lipinski definition) is 4. The van der Waals surface area contributed by atoms with Gasteiger partial charge >= 0.3 is 12.0 Å². The van der Waals surface area contributed by atoms with E-state index in [1.165, 1.54) is 12.1 Å². The van der Waals surface area contributed by atoms with Crippen LogP contribution in [0.1, 0.15) is 5.56 Å². The Bertz CT molecular complexity index is 703. The molecule has 6 nitrogen and oxygen atoms in total. The van der Waals surface area contributed by atoms with E-state index < -0.39 is 18.0 Å². The number of aromatic hydroxyl groups is 1. The molecule has 0 fully saturated rings. The third-order valence-electron chi connectivity index (χ3n) is 3.06. The molecule has 0 aliphatic rings. The van der Waals surface area contributed by atoms with E-state index in [-0.39, 0.29) is 12.2 Å². The summed E-state index contributed by atoms with van der Waals surface area (Å²) in [6.45, 7) is 0. The predicted molar refractivity (Wildman–Crippen MR) is 86.8 cm³/mol. The molecule has 0 aliphatic carbocycles. The molecule has 0 aliphatic heterocycles. The molecule has 0 aromatic heterocycles. The minimum atomic E-state index is -1.15. The van der Waals surface area contributed by atoms with Gasteiger partial charge in [0, 0.05) is 17.1 Å². The van der Waals surface area contributed by atoms with Gasteiger partial charge in [0.05, 0.1) is 0 Å². The molecular formula is C16H15ClN2O4. The van der Waals surface area contributed by atoms with Crippen LogP contribution in [-0.2, 0) is 11.2 Å². The number of halogens is 1. The van der Waals surface area contributed by atoms with Crippen molar-refractivity contribution in [3.8, 4) is 5.75 Å². The minimum absolute atomic E-state index is 0.0901. The maximum absolute atomic E-state index is 11.9. The summed E-state index contributed by atoms with van der Waals surface area (Å²) in [6, 6.07) is 10.9. The van der Waals surface area contributed by atoms with Gasteiger partial charge < -0.3 is 20.8 Å². The fourth-order valence-electron chi connectivity index (χ4n) is 1.96. The Balaban J connectivity index is 1.99. The zero-order valence-corrected chi connectivity index (χ0v) is 12.7. The fourth-order valence-corrected chi connectivity index (χ4v) is 2.15. The van der Waals surface area contributed by atoms with Crippen LogP contribution in [0.2, 0.25) is 5.02 Å². The monoisotopic (exact) mass is 334 g/mol. The van der Waals surface area contributed by atoms with Gasteiger partial charge in [-0.15, -0.1) is 0 Å². The molecule has 0 spiro atoms. The summed E-state index contributed by atoms with van der Waals surface area (Å²) in [4.78, 5) is 23.2.